The van der Waals surface area contributed by atoms with Crippen LogP contribution in [0.3, 0.4) is 0 Å². The van der Waals surface area contributed by atoms with Crippen molar-refractivity contribution >= 4 is 23.0 Å². The van der Waals surface area contributed by atoms with Crippen molar-refractivity contribution in [3.63, 3.8) is 0 Å². The van der Waals surface area contributed by atoms with Gasteiger partial charge in [0.1, 0.15) is 0 Å². The van der Waals surface area contributed by atoms with Crippen LogP contribution in [0.4, 0.5) is 17.1 Å². The van der Waals surface area contributed by atoms with Gasteiger partial charge in [0, 0.05) is 61.9 Å². The van der Waals surface area contributed by atoms with Gasteiger partial charge in [-0.25, -0.2) is 0 Å². The molecule has 1 saturated heterocycles. The molecule has 28 heavy (non-hydrogen) atoms. The van der Waals surface area contributed by atoms with E-state index in [1.54, 1.807) is 0 Å². The highest BCUT2D eigenvalue weighted by Gasteiger charge is 2.16. The van der Waals surface area contributed by atoms with Crippen LogP contribution in [0.2, 0.25) is 0 Å². The third kappa shape index (κ3) is 4.65. The number of piperazine rings is 1. The summed E-state index contributed by atoms with van der Waals surface area (Å²) in [6.45, 7) is 12.6. The Hall–Kier alpha value is -2.53. The van der Waals surface area contributed by atoms with Crippen molar-refractivity contribution in [2.75, 3.05) is 61.4 Å². The number of anilines is 3. The molecule has 2 aromatic carbocycles. The van der Waals surface area contributed by atoms with Gasteiger partial charge in [-0.15, -0.1) is 0 Å². The highest BCUT2D eigenvalue weighted by Crippen LogP contribution is 2.25. The van der Waals surface area contributed by atoms with Gasteiger partial charge in [0.05, 0.1) is 0 Å². The number of hydrogen-bond donors (Lipinski definition) is 1. The summed E-state index contributed by atoms with van der Waals surface area (Å²) >= 11 is 0. The molecule has 1 amide bonds. The van der Waals surface area contributed by atoms with Crippen LogP contribution in [-0.2, 0) is 0 Å². The van der Waals surface area contributed by atoms with Crippen molar-refractivity contribution in [3.05, 3.63) is 53.6 Å². The molecule has 3 rings (SSSR count). The second-order valence-corrected chi connectivity index (χ2v) is 7.46. The number of likely N-dealkylation sites (N-methyl/N-ethyl adjacent to an activating group) is 1. The van der Waals surface area contributed by atoms with Gasteiger partial charge in [-0.3, -0.25) is 4.79 Å². The normalized spacial score (nSPS) is 14.8. The summed E-state index contributed by atoms with van der Waals surface area (Å²) < 4.78 is 0. The summed E-state index contributed by atoms with van der Waals surface area (Å²) in [5.74, 6) is -0.0714. The van der Waals surface area contributed by atoms with Crippen LogP contribution in [-0.4, -0.2) is 57.1 Å². The van der Waals surface area contributed by atoms with E-state index >= 15 is 0 Å². The number of rotatable bonds is 6. The molecule has 1 aliphatic heterocycles. The van der Waals surface area contributed by atoms with Crippen LogP contribution in [0.25, 0.3) is 0 Å². The highest BCUT2D eigenvalue weighted by molar-refractivity contribution is 6.04. The first-order valence-electron chi connectivity index (χ1n) is 10.2. The molecule has 1 N–H and O–H groups in total. The molecule has 1 aliphatic rings. The number of carbonyl (C=O) groups excluding carboxylic acids is 1. The zero-order chi connectivity index (χ0) is 20.1. The number of amides is 1. The van der Waals surface area contributed by atoms with Crippen LogP contribution >= 0.6 is 0 Å². The van der Waals surface area contributed by atoms with Gasteiger partial charge in [0.15, 0.2) is 0 Å². The minimum absolute atomic E-state index is 0.0714. The van der Waals surface area contributed by atoms with Crippen molar-refractivity contribution in [3.8, 4) is 0 Å². The third-order valence-electron chi connectivity index (χ3n) is 5.56. The van der Waals surface area contributed by atoms with Crippen LogP contribution in [0, 0.1) is 6.92 Å². The van der Waals surface area contributed by atoms with Gasteiger partial charge in [-0.1, -0.05) is 0 Å². The van der Waals surface area contributed by atoms with Crippen LogP contribution in [0.1, 0.15) is 29.8 Å². The number of hydrogen-bond acceptors (Lipinski definition) is 4. The van der Waals surface area contributed by atoms with Gasteiger partial charge >= 0.3 is 0 Å². The van der Waals surface area contributed by atoms with Crippen molar-refractivity contribution in [2.45, 2.75) is 20.8 Å². The summed E-state index contributed by atoms with van der Waals surface area (Å²) in [6.07, 6.45) is 0. The summed E-state index contributed by atoms with van der Waals surface area (Å²) in [5.41, 5.74) is 5.12. The van der Waals surface area contributed by atoms with Crippen LogP contribution in [0.15, 0.2) is 42.5 Å². The molecule has 5 heteroatoms. The van der Waals surface area contributed by atoms with E-state index in [0.717, 1.165) is 50.6 Å². The first-order valence-corrected chi connectivity index (χ1v) is 10.2. The van der Waals surface area contributed by atoms with Gasteiger partial charge in [-0.05, 0) is 75.8 Å². The van der Waals surface area contributed by atoms with E-state index in [1.807, 2.05) is 30.3 Å². The fourth-order valence-corrected chi connectivity index (χ4v) is 3.75. The van der Waals surface area contributed by atoms with E-state index in [9.17, 15) is 4.79 Å². The predicted molar refractivity (Wildman–Crippen MR) is 119 cm³/mol. The Morgan fingerprint density at radius 1 is 1.00 bits per heavy atom. The molecule has 0 aliphatic carbocycles. The maximum absolute atomic E-state index is 12.6. The number of nitrogens with zero attached hydrogens (tertiary/aromatic N) is 3. The van der Waals surface area contributed by atoms with Gasteiger partial charge in [0.2, 0.25) is 0 Å². The Balaban J connectivity index is 1.66. The minimum atomic E-state index is -0.0714. The molecule has 0 bridgehead atoms. The molecule has 2 aromatic rings. The molecule has 5 nitrogen and oxygen atoms in total. The Labute approximate surface area is 168 Å². The lowest BCUT2D eigenvalue weighted by Crippen LogP contribution is -2.44. The minimum Gasteiger partial charge on any atom is -0.372 e. The molecule has 0 saturated carbocycles. The maximum Gasteiger partial charge on any atom is 0.255 e. The lowest BCUT2D eigenvalue weighted by atomic mass is 10.1. The zero-order valence-corrected chi connectivity index (χ0v) is 17.5. The Kier molecular flexibility index (Phi) is 6.57. The predicted octanol–water partition coefficient (Wildman–Crippen LogP) is 3.85. The monoisotopic (exact) mass is 380 g/mol. The number of aryl methyl sites for hydroxylation is 1. The van der Waals surface area contributed by atoms with Crippen molar-refractivity contribution < 1.29 is 4.79 Å². The average Bonchev–Trinajstić information content (AvgIpc) is 2.70. The van der Waals surface area contributed by atoms with Crippen LogP contribution < -0.4 is 15.1 Å². The molecule has 0 unspecified atom stereocenters. The average molecular weight is 381 g/mol. The maximum atomic E-state index is 12.6. The fraction of sp³-hybridized carbons (Fsp3) is 0.435. The largest absolute Gasteiger partial charge is 0.372 e. The lowest BCUT2D eigenvalue weighted by Gasteiger charge is -2.35. The van der Waals surface area contributed by atoms with E-state index < -0.39 is 0 Å². The first-order chi connectivity index (χ1) is 13.5. The molecule has 0 radical (unpaired) electrons. The molecule has 1 fully saturated rings. The Morgan fingerprint density at radius 2 is 1.64 bits per heavy atom. The lowest BCUT2D eigenvalue weighted by molar-refractivity contribution is 0.102. The number of carbonyl (C=O) groups is 1. The van der Waals surface area contributed by atoms with Crippen molar-refractivity contribution in [2.24, 2.45) is 0 Å². The van der Waals surface area contributed by atoms with E-state index in [2.05, 4.69) is 60.0 Å². The number of benzene rings is 2. The molecule has 1 heterocycles. The van der Waals surface area contributed by atoms with Gasteiger partial charge in [-0.2, -0.15) is 0 Å². The smallest absolute Gasteiger partial charge is 0.255 e. The quantitative estimate of drug-likeness (QED) is 0.826. The van der Waals surface area contributed by atoms with E-state index in [0.29, 0.717) is 5.56 Å². The van der Waals surface area contributed by atoms with Gasteiger partial charge in [0.25, 0.3) is 5.91 Å². The van der Waals surface area contributed by atoms with E-state index in [1.165, 1.54) is 11.3 Å². The molecule has 0 aromatic heterocycles. The first kappa shape index (κ1) is 20.2. The second-order valence-electron chi connectivity index (χ2n) is 7.46. The Bertz CT molecular complexity index is 791. The summed E-state index contributed by atoms with van der Waals surface area (Å²) in [6, 6.07) is 14.0. The van der Waals surface area contributed by atoms with E-state index in [-0.39, 0.29) is 5.91 Å². The standard InChI is InChI=1S/C23H32N4O/c1-5-26(6-2)21-10-7-19(8-11-21)23(28)24-20-9-12-22(18(3)17-20)27-15-13-25(4)14-16-27/h7-12,17H,5-6,13-16H2,1-4H3,(H,24,28). The highest BCUT2D eigenvalue weighted by atomic mass is 16.1. The van der Waals surface area contributed by atoms with E-state index in [4.69, 9.17) is 0 Å². The molecule has 0 atom stereocenters. The molecule has 150 valence electrons. The second kappa shape index (κ2) is 9.11. The summed E-state index contributed by atoms with van der Waals surface area (Å²) in [4.78, 5) is 19.7. The Morgan fingerprint density at radius 3 is 2.21 bits per heavy atom. The van der Waals surface area contributed by atoms with Crippen molar-refractivity contribution in [1.82, 2.24) is 4.90 Å². The third-order valence-corrected chi connectivity index (χ3v) is 5.56. The van der Waals surface area contributed by atoms with Crippen LogP contribution in [0.5, 0.6) is 0 Å². The van der Waals surface area contributed by atoms with Crippen molar-refractivity contribution in [1.29, 1.82) is 0 Å². The molecular weight excluding hydrogens is 348 g/mol. The topological polar surface area (TPSA) is 38.8 Å². The number of nitrogens with one attached hydrogen (secondary N) is 1. The summed E-state index contributed by atoms with van der Waals surface area (Å²) in [7, 11) is 2.16. The fourth-order valence-electron chi connectivity index (χ4n) is 3.75. The summed E-state index contributed by atoms with van der Waals surface area (Å²) in [5, 5.41) is 3.03. The zero-order valence-electron chi connectivity index (χ0n) is 17.5. The molecule has 0 spiro atoms. The SMILES string of the molecule is CCN(CC)c1ccc(C(=O)Nc2ccc(N3CCN(C)CC3)c(C)c2)cc1. The van der Waals surface area contributed by atoms with Gasteiger partial charge < -0.3 is 20.0 Å². The molecular formula is C23H32N4O.